The van der Waals surface area contributed by atoms with E-state index in [0.29, 0.717) is 0 Å². The first-order valence-corrected chi connectivity index (χ1v) is 13.6. The van der Waals surface area contributed by atoms with E-state index in [4.69, 9.17) is 4.74 Å². The summed E-state index contributed by atoms with van der Waals surface area (Å²) in [5.74, 6) is 2.91. The van der Waals surface area contributed by atoms with Gasteiger partial charge < -0.3 is 9.64 Å². The van der Waals surface area contributed by atoms with Gasteiger partial charge >= 0.3 is 0 Å². The Bertz CT molecular complexity index is 545. The van der Waals surface area contributed by atoms with E-state index in [1.165, 1.54) is 90.1 Å². The van der Waals surface area contributed by atoms with Crippen molar-refractivity contribution in [2.75, 3.05) is 33.4 Å². The number of benzene rings is 1. The molecule has 0 aromatic heterocycles. The Hall–Kier alpha value is -1.12. The molecule has 2 unspecified atom stereocenters. The van der Waals surface area contributed by atoms with Crippen LogP contribution in [-0.4, -0.2) is 38.3 Å². The standard InChI is InChI=1S/C16H28.C8H17NO.C6H6/c1-3-14-11-13(2)16(12-14)10-9-15-7-5-4-6-8-15;1-10-8-7-9-5-3-2-4-6-9;1-2-4-6-5-3-1/h12-13,15-16H,3-11H2,1-2H3;2-8H2,1H3;1-6H. The molecule has 1 aromatic rings. The topological polar surface area (TPSA) is 12.5 Å². The van der Waals surface area contributed by atoms with Crippen molar-refractivity contribution in [3.8, 4) is 0 Å². The molecule has 1 saturated carbocycles. The molecule has 2 atom stereocenters. The molecule has 0 amide bonds. The second-order valence-electron chi connectivity index (χ2n) is 10.2. The molecular weight excluding hydrogens is 390 g/mol. The van der Waals surface area contributed by atoms with Crippen LogP contribution < -0.4 is 0 Å². The van der Waals surface area contributed by atoms with Crippen molar-refractivity contribution in [1.82, 2.24) is 4.90 Å². The molecule has 32 heavy (non-hydrogen) atoms. The number of likely N-dealkylation sites (tertiary alicyclic amines) is 1. The van der Waals surface area contributed by atoms with E-state index in [1.807, 2.05) is 36.4 Å². The Labute approximate surface area is 199 Å². The third-order valence-electron chi connectivity index (χ3n) is 7.58. The molecule has 0 radical (unpaired) electrons. The number of hydrogen-bond donors (Lipinski definition) is 0. The summed E-state index contributed by atoms with van der Waals surface area (Å²) in [6.07, 6.45) is 20.0. The predicted molar refractivity (Wildman–Crippen MR) is 140 cm³/mol. The molecule has 1 heterocycles. The van der Waals surface area contributed by atoms with E-state index in [1.54, 1.807) is 12.7 Å². The number of ether oxygens (including phenoxy) is 1. The summed E-state index contributed by atoms with van der Waals surface area (Å²) < 4.78 is 5.00. The third-order valence-corrected chi connectivity index (χ3v) is 7.58. The maximum Gasteiger partial charge on any atom is 0.0589 e. The van der Waals surface area contributed by atoms with E-state index in [0.717, 1.165) is 30.9 Å². The summed E-state index contributed by atoms with van der Waals surface area (Å²) in [5.41, 5.74) is 1.72. The van der Waals surface area contributed by atoms with Crippen LogP contribution in [0.15, 0.2) is 48.0 Å². The van der Waals surface area contributed by atoms with Crippen LogP contribution in [0, 0.1) is 17.8 Å². The minimum absolute atomic E-state index is 0.889. The molecule has 1 aromatic carbocycles. The Morgan fingerprint density at radius 3 is 1.97 bits per heavy atom. The van der Waals surface area contributed by atoms with Crippen LogP contribution in [0.4, 0.5) is 0 Å². The minimum atomic E-state index is 0.889. The lowest BCUT2D eigenvalue weighted by atomic mass is 9.82. The van der Waals surface area contributed by atoms with E-state index < -0.39 is 0 Å². The molecular formula is C30H51NO. The van der Waals surface area contributed by atoms with Crippen molar-refractivity contribution in [2.24, 2.45) is 17.8 Å². The summed E-state index contributed by atoms with van der Waals surface area (Å²) >= 11 is 0. The SMILES string of the molecule is CCC1=CC(CCC2CCCCC2)C(C)C1.COCCN1CCCCC1.c1ccccc1. The van der Waals surface area contributed by atoms with E-state index in [2.05, 4.69) is 24.8 Å². The average molecular weight is 442 g/mol. The maximum atomic E-state index is 5.00. The summed E-state index contributed by atoms with van der Waals surface area (Å²) in [6.45, 7) is 9.33. The van der Waals surface area contributed by atoms with Gasteiger partial charge in [0.1, 0.15) is 0 Å². The zero-order valence-corrected chi connectivity index (χ0v) is 21.4. The van der Waals surface area contributed by atoms with Crippen molar-refractivity contribution in [3.63, 3.8) is 0 Å². The molecule has 2 aliphatic carbocycles. The fourth-order valence-electron chi connectivity index (χ4n) is 5.42. The Morgan fingerprint density at radius 1 is 0.844 bits per heavy atom. The van der Waals surface area contributed by atoms with Crippen molar-refractivity contribution >= 4 is 0 Å². The van der Waals surface area contributed by atoms with Crippen molar-refractivity contribution < 1.29 is 4.74 Å². The fourth-order valence-corrected chi connectivity index (χ4v) is 5.42. The summed E-state index contributed by atoms with van der Waals surface area (Å²) in [4.78, 5) is 2.48. The fraction of sp³-hybridized carbons (Fsp3) is 0.733. The zero-order valence-electron chi connectivity index (χ0n) is 21.4. The van der Waals surface area contributed by atoms with Gasteiger partial charge in [0, 0.05) is 13.7 Å². The summed E-state index contributed by atoms with van der Waals surface area (Å²) in [5, 5.41) is 0. The molecule has 1 saturated heterocycles. The quantitative estimate of drug-likeness (QED) is 0.396. The van der Waals surface area contributed by atoms with Crippen molar-refractivity contribution in [2.45, 2.75) is 90.9 Å². The largest absolute Gasteiger partial charge is 0.383 e. The van der Waals surface area contributed by atoms with Crippen LogP contribution in [0.3, 0.4) is 0 Å². The number of piperidine rings is 1. The number of hydrogen-bond acceptors (Lipinski definition) is 2. The van der Waals surface area contributed by atoms with Gasteiger partial charge in [-0.3, -0.25) is 0 Å². The lowest BCUT2D eigenvalue weighted by Gasteiger charge is -2.25. The van der Waals surface area contributed by atoms with Gasteiger partial charge in [-0.15, -0.1) is 0 Å². The monoisotopic (exact) mass is 441 g/mol. The van der Waals surface area contributed by atoms with Gasteiger partial charge in [0.15, 0.2) is 0 Å². The lowest BCUT2D eigenvalue weighted by molar-refractivity contribution is 0.135. The molecule has 1 aliphatic heterocycles. The molecule has 182 valence electrons. The highest BCUT2D eigenvalue weighted by Crippen LogP contribution is 2.37. The molecule has 0 N–H and O–H groups in total. The normalized spacial score (nSPS) is 24.0. The van der Waals surface area contributed by atoms with Crippen molar-refractivity contribution in [3.05, 3.63) is 48.0 Å². The van der Waals surface area contributed by atoms with Gasteiger partial charge in [-0.2, -0.15) is 0 Å². The van der Waals surface area contributed by atoms with Crippen LogP contribution in [0.5, 0.6) is 0 Å². The van der Waals surface area contributed by atoms with Crippen LogP contribution in [0.25, 0.3) is 0 Å². The zero-order chi connectivity index (χ0) is 22.9. The van der Waals surface area contributed by atoms with E-state index >= 15 is 0 Å². The third kappa shape index (κ3) is 11.7. The van der Waals surface area contributed by atoms with Crippen LogP contribution in [0.2, 0.25) is 0 Å². The highest BCUT2D eigenvalue weighted by atomic mass is 16.5. The van der Waals surface area contributed by atoms with E-state index in [-0.39, 0.29) is 0 Å². The second kappa shape index (κ2) is 17.4. The first-order valence-electron chi connectivity index (χ1n) is 13.6. The number of nitrogens with zero attached hydrogens (tertiary/aromatic N) is 1. The molecule has 4 rings (SSSR count). The van der Waals surface area contributed by atoms with Gasteiger partial charge in [0.05, 0.1) is 6.61 Å². The smallest absolute Gasteiger partial charge is 0.0589 e. The van der Waals surface area contributed by atoms with Gasteiger partial charge in [0.2, 0.25) is 0 Å². The lowest BCUT2D eigenvalue weighted by Crippen LogP contribution is -2.32. The number of allylic oxidation sites excluding steroid dienone is 2. The van der Waals surface area contributed by atoms with E-state index in [9.17, 15) is 0 Å². The summed E-state index contributed by atoms with van der Waals surface area (Å²) in [7, 11) is 1.77. The molecule has 2 fully saturated rings. The summed E-state index contributed by atoms with van der Waals surface area (Å²) in [6, 6.07) is 12.0. The molecule has 2 nitrogen and oxygen atoms in total. The van der Waals surface area contributed by atoms with Crippen LogP contribution >= 0.6 is 0 Å². The first-order chi connectivity index (χ1) is 15.7. The molecule has 2 heteroatoms. The molecule has 3 aliphatic rings. The number of methoxy groups -OCH3 is 1. The highest BCUT2D eigenvalue weighted by molar-refractivity contribution is 5.12. The number of rotatable bonds is 7. The second-order valence-corrected chi connectivity index (χ2v) is 10.2. The Kier molecular flexibility index (Phi) is 14.7. The molecule has 0 spiro atoms. The molecule has 0 bridgehead atoms. The Morgan fingerprint density at radius 2 is 1.44 bits per heavy atom. The Balaban J connectivity index is 0.000000192. The van der Waals surface area contributed by atoms with Crippen molar-refractivity contribution in [1.29, 1.82) is 0 Å². The average Bonchev–Trinajstić information content (AvgIpc) is 3.24. The maximum absolute atomic E-state index is 5.00. The van der Waals surface area contributed by atoms with Gasteiger partial charge in [-0.05, 0) is 69.4 Å². The first kappa shape index (κ1) is 27.1. The minimum Gasteiger partial charge on any atom is -0.383 e. The van der Waals surface area contributed by atoms with Gasteiger partial charge in [-0.25, -0.2) is 0 Å². The predicted octanol–water partition coefficient (Wildman–Crippen LogP) is 8.14. The van der Waals surface area contributed by atoms with Gasteiger partial charge in [-0.1, -0.05) is 100 Å². The van der Waals surface area contributed by atoms with Gasteiger partial charge in [0.25, 0.3) is 0 Å². The van der Waals surface area contributed by atoms with Crippen LogP contribution in [-0.2, 0) is 4.74 Å². The highest BCUT2D eigenvalue weighted by Gasteiger charge is 2.24. The van der Waals surface area contributed by atoms with Crippen LogP contribution in [0.1, 0.15) is 90.9 Å².